The number of nitrogens with two attached hydrogens (primary N) is 1. The quantitative estimate of drug-likeness (QED) is 0.858. The van der Waals surface area contributed by atoms with E-state index in [1.807, 2.05) is 12.1 Å². The van der Waals surface area contributed by atoms with Crippen LogP contribution in [0.5, 0.6) is 5.75 Å². The molecule has 1 aliphatic carbocycles. The van der Waals surface area contributed by atoms with Crippen LogP contribution in [0, 0.1) is 0 Å². The van der Waals surface area contributed by atoms with Crippen molar-refractivity contribution in [3.63, 3.8) is 0 Å². The van der Waals surface area contributed by atoms with Crippen molar-refractivity contribution in [3.05, 3.63) is 28.3 Å². The van der Waals surface area contributed by atoms with E-state index in [2.05, 4.69) is 20.8 Å². The van der Waals surface area contributed by atoms with Gasteiger partial charge in [-0.05, 0) is 30.4 Å². The molecular formula is C15H22ClNO. The van der Waals surface area contributed by atoms with Gasteiger partial charge >= 0.3 is 0 Å². The van der Waals surface area contributed by atoms with Crippen LogP contribution in [0.2, 0.25) is 5.02 Å². The van der Waals surface area contributed by atoms with Gasteiger partial charge in [0.1, 0.15) is 5.75 Å². The summed E-state index contributed by atoms with van der Waals surface area (Å²) >= 11 is 6.22. The number of phenols is 1. The highest BCUT2D eigenvalue weighted by atomic mass is 35.5. The minimum absolute atomic E-state index is 0.0605. The van der Waals surface area contributed by atoms with Gasteiger partial charge in [0, 0.05) is 28.1 Å². The number of rotatable bonds is 2. The molecule has 1 fully saturated rings. The average molecular weight is 268 g/mol. The smallest absolute Gasteiger partial charge is 0.123 e. The maximum absolute atomic E-state index is 10.6. The Morgan fingerprint density at radius 3 is 2.33 bits per heavy atom. The third-order valence-corrected chi connectivity index (χ3v) is 4.37. The van der Waals surface area contributed by atoms with Gasteiger partial charge in [0.25, 0.3) is 0 Å². The van der Waals surface area contributed by atoms with Crippen molar-refractivity contribution in [1.82, 2.24) is 0 Å². The lowest BCUT2D eigenvalue weighted by atomic mass is 9.63. The van der Waals surface area contributed by atoms with E-state index < -0.39 is 0 Å². The first-order valence-electron chi connectivity index (χ1n) is 6.54. The summed E-state index contributed by atoms with van der Waals surface area (Å²) in [5, 5.41) is 11.3. The molecule has 100 valence electrons. The number of benzene rings is 1. The van der Waals surface area contributed by atoms with Crippen molar-refractivity contribution in [2.24, 2.45) is 5.73 Å². The lowest BCUT2D eigenvalue weighted by molar-refractivity contribution is 0.244. The molecule has 0 heterocycles. The molecule has 0 aromatic heterocycles. The molecule has 3 N–H and O–H groups in total. The van der Waals surface area contributed by atoms with Crippen molar-refractivity contribution in [1.29, 1.82) is 0 Å². The van der Waals surface area contributed by atoms with Gasteiger partial charge in [-0.25, -0.2) is 0 Å². The Bertz CT molecular complexity index is 453. The van der Waals surface area contributed by atoms with Crippen LogP contribution in [0.1, 0.15) is 51.2 Å². The first-order valence-corrected chi connectivity index (χ1v) is 6.91. The highest BCUT2D eigenvalue weighted by Crippen LogP contribution is 2.49. The van der Waals surface area contributed by atoms with E-state index in [9.17, 15) is 5.11 Å². The highest BCUT2D eigenvalue weighted by Gasteiger charge is 2.40. The van der Waals surface area contributed by atoms with Crippen LogP contribution in [-0.2, 0) is 10.8 Å². The molecule has 0 spiro atoms. The number of hydrogen-bond acceptors (Lipinski definition) is 2. The highest BCUT2D eigenvalue weighted by molar-refractivity contribution is 6.30. The first kappa shape index (κ1) is 13.7. The Balaban J connectivity index is 2.58. The topological polar surface area (TPSA) is 46.2 Å². The molecule has 1 saturated carbocycles. The van der Waals surface area contributed by atoms with Gasteiger partial charge in [0.2, 0.25) is 0 Å². The third-order valence-electron chi connectivity index (χ3n) is 4.16. The molecule has 2 nitrogen and oxygen atoms in total. The maximum Gasteiger partial charge on any atom is 0.123 e. The van der Waals surface area contributed by atoms with E-state index in [0.717, 1.165) is 24.0 Å². The number of halogens is 1. The molecule has 18 heavy (non-hydrogen) atoms. The summed E-state index contributed by atoms with van der Waals surface area (Å²) in [6.45, 7) is 6.82. The van der Waals surface area contributed by atoms with Crippen LogP contribution < -0.4 is 5.73 Å². The zero-order valence-electron chi connectivity index (χ0n) is 11.4. The Kier molecular flexibility index (Phi) is 3.37. The van der Waals surface area contributed by atoms with E-state index in [0.29, 0.717) is 17.3 Å². The standard InChI is InChI=1S/C15H22ClNO/c1-14(2,3)11-7-10(16)8-12(13(11)18)15(9-17)5-4-6-15/h7-8,18H,4-6,9,17H2,1-3H3. The molecule has 1 aliphatic rings. The fourth-order valence-electron chi connectivity index (χ4n) is 2.76. The number of aromatic hydroxyl groups is 1. The summed E-state index contributed by atoms with van der Waals surface area (Å²) in [6, 6.07) is 3.75. The van der Waals surface area contributed by atoms with E-state index in [4.69, 9.17) is 17.3 Å². The van der Waals surface area contributed by atoms with Crippen molar-refractivity contribution >= 4 is 11.6 Å². The average Bonchev–Trinajstić information content (AvgIpc) is 2.20. The van der Waals surface area contributed by atoms with Gasteiger partial charge in [-0.3, -0.25) is 0 Å². The number of phenolic OH excluding ortho intramolecular Hbond substituents is 1. The Hall–Kier alpha value is -0.730. The van der Waals surface area contributed by atoms with Crippen LogP contribution >= 0.6 is 11.6 Å². The predicted molar refractivity (Wildman–Crippen MR) is 76.4 cm³/mol. The minimum atomic E-state index is -0.122. The molecule has 0 saturated heterocycles. The largest absolute Gasteiger partial charge is 0.507 e. The monoisotopic (exact) mass is 267 g/mol. The lowest BCUT2D eigenvalue weighted by Gasteiger charge is -2.42. The first-order chi connectivity index (χ1) is 8.30. The summed E-state index contributed by atoms with van der Waals surface area (Å²) in [5.41, 5.74) is 7.59. The predicted octanol–water partition coefficient (Wildman–Crippen LogP) is 3.72. The summed E-state index contributed by atoms with van der Waals surface area (Å²) < 4.78 is 0. The fourth-order valence-corrected chi connectivity index (χ4v) is 2.98. The van der Waals surface area contributed by atoms with Gasteiger partial charge in [0.05, 0.1) is 0 Å². The lowest BCUT2D eigenvalue weighted by Crippen LogP contribution is -2.41. The normalized spacial score (nSPS) is 18.5. The maximum atomic E-state index is 10.6. The van der Waals surface area contributed by atoms with Crippen LogP contribution in [0.15, 0.2) is 12.1 Å². The molecule has 0 unspecified atom stereocenters. The van der Waals surface area contributed by atoms with Gasteiger partial charge in [-0.1, -0.05) is 38.8 Å². The molecule has 2 rings (SSSR count). The Morgan fingerprint density at radius 1 is 1.33 bits per heavy atom. The van der Waals surface area contributed by atoms with Crippen molar-refractivity contribution < 1.29 is 5.11 Å². The van der Waals surface area contributed by atoms with Crippen LogP contribution in [0.4, 0.5) is 0 Å². The van der Waals surface area contributed by atoms with E-state index in [1.165, 1.54) is 6.42 Å². The zero-order chi connectivity index (χ0) is 13.6. The Labute approximate surface area is 114 Å². The number of hydrogen-bond donors (Lipinski definition) is 2. The summed E-state index contributed by atoms with van der Waals surface area (Å²) in [5.74, 6) is 0.386. The zero-order valence-corrected chi connectivity index (χ0v) is 12.1. The summed E-state index contributed by atoms with van der Waals surface area (Å²) in [7, 11) is 0. The Morgan fingerprint density at radius 2 is 1.94 bits per heavy atom. The van der Waals surface area contributed by atoms with Gasteiger partial charge in [-0.2, -0.15) is 0 Å². The molecule has 0 radical (unpaired) electrons. The van der Waals surface area contributed by atoms with Crippen molar-refractivity contribution in [2.45, 2.75) is 50.9 Å². The second kappa shape index (κ2) is 4.43. The molecule has 0 amide bonds. The SMILES string of the molecule is CC(C)(C)c1cc(Cl)cc(C2(CN)CCC2)c1O. The molecule has 1 aromatic rings. The molecule has 1 aromatic carbocycles. The molecule has 0 atom stereocenters. The van der Waals surface area contributed by atoms with Gasteiger partial charge in [0.15, 0.2) is 0 Å². The second-order valence-electron chi connectivity index (χ2n) is 6.44. The van der Waals surface area contributed by atoms with Crippen molar-refractivity contribution in [3.8, 4) is 5.75 Å². The fraction of sp³-hybridized carbons (Fsp3) is 0.600. The van der Waals surface area contributed by atoms with Crippen LogP contribution in [0.25, 0.3) is 0 Å². The minimum Gasteiger partial charge on any atom is -0.507 e. The van der Waals surface area contributed by atoms with Crippen LogP contribution in [0.3, 0.4) is 0 Å². The third kappa shape index (κ3) is 2.12. The van der Waals surface area contributed by atoms with Gasteiger partial charge in [-0.15, -0.1) is 0 Å². The van der Waals surface area contributed by atoms with Crippen LogP contribution in [-0.4, -0.2) is 11.7 Å². The van der Waals surface area contributed by atoms with Gasteiger partial charge < -0.3 is 10.8 Å². The molecular weight excluding hydrogens is 246 g/mol. The van der Waals surface area contributed by atoms with E-state index in [-0.39, 0.29) is 10.8 Å². The van der Waals surface area contributed by atoms with E-state index in [1.54, 1.807) is 0 Å². The second-order valence-corrected chi connectivity index (χ2v) is 6.87. The summed E-state index contributed by atoms with van der Waals surface area (Å²) in [6.07, 6.45) is 3.26. The van der Waals surface area contributed by atoms with Crippen molar-refractivity contribution in [2.75, 3.05) is 6.54 Å². The van der Waals surface area contributed by atoms with E-state index >= 15 is 0 Å². The molecule has 3 heteroatoms. The molecule has 0 bridgehead atoms. The summed E-state index contributed by atoms with van der Waals surface area (Å²) in [4.78, 5) is 0. The molecule has 0 aliphatic heterocycles.